The van der Waals surface area contributed by atoms with E-state index < -0.39 is 11.8 Å². The van der Waals surface area contributed by atoms with Crippen LogP contribution in [0.5, 0.6) is 17.2 Å². The Hall–Kier alpha value is -5.69. The van der Waals surface area contributed by atoms with Crippen LogP contribution in [0.4, 0.5) is 0 Å². The highest BCUT2D eigenvalue weighted by Gasteiger charge is 2.28. The second-order valence-electron chi connectivity index (χ2n) is 9.64. The maximum Gasteiger partial charge on any atom is 0.335 e. The van der Waals surface area contributed by atoms with Crippen LogP contribution in [0.3, 0.4) is 0 Å². The van der Waals surface area contributed by atoms with Gasteiger partial charge in [-0.05, 0) is 34.9 Å². The van der Waals surface area contributed by atoms with Crippen LogP contribution in [-0.4, -0.2) is 23.1 Å². The van der Waals surface area contributed by atoms with Crippen molar-refractivity contribution >= 4 is 18.0 Å². The molecule has 0 aliphatic heterocycles. The van der Waals surface area contributed by atoms with Crippen molar-refractivity contribution < 1.29 is 33.7 Å². The fourth-order valence-electron chi connectivity index (χ4n) is 4.51. The molecule has 0 fully saturated rings. The van der Waals surface area contributed by atoms with Crippen molar-refractivity contribution in [1.29, 1.82) is 0 Å². The van der Waals surface area contributed by atoms with Crippen LogP contribution in [0.15, 0.2) is 121 Å². The first-order chi connectivity index (χ1) is 21.0. The summed E-state index contributed by atoms with van der Waals surface area (Å²) in [4.78, 5) is 38.8. The molecule has 0 unspecified atom stereocenters. The highest BCUT2D eigenvalue weighted by Crippen LogP contribution is 2.37. The second-order valence-corrected chi connectivity index (χ2v) is 9.64. The van der Waals surface area contributed by atoms with Crippen LogP contribution < -0.4 is 14.2 Å². The van der Waals surface area contributed by atoms with Gasteiger partial charge in [0.05, 0.1) is 11.1 Å². The lowest BCUT2D eigenvalue weighted by atomic mass is 9.95. The number of ether oxygens (including phenoxy) is 3. The minimum atomic E-state index is -1.21. The Bertz CT molecular complexity index is 1650. The third-order valence-corrected chi connectivity index (χ3v) is 6.66. The Kier molecular flexibility index (Phi) is 9.24. The lowest BCUT2D eigenvalue weighted by Gasteiger charge is -2.19. The summed E-state index contributed by atoms with van der Waals surface area (Å²) in [5.74, 6) is -1.61. The van der Waals surface area contributed by atoms with Gasteiger partial charge in [0.25, 0.3) is 0 Å². The zero-order valence-corrected chi connectivity index (χ0v) is 23.1. The summed E-state index contributed by atoms with van der Waals surface area (Å²) in [5.41, 5.74) is 2.50. The van der Waals surface area contributed by atoms with Crippen LogP contribution in [0, 0.1) is 0 Å². The third-order valence-electron chi connectivity index (χ3n) is 6.66. The van der Waals surface area contributed by atoms with Crippen LogP contribution in [-0.2, 0) is 19.8 Å². The normalized spacial score (nSPS) is 10.5. The molecular weight excluding hydrogens is 544 g/mol. The summed E-state index contributed by atoms with van der Waals surface area (Å²) in [6.07, 6.45) is 0.587. The van der Waals surface area contributed by atoms with Crippen molar-refractivity contribution in [2.24, 2.45) is 0 Å². The summed E-state index contributed by atoms with van der Waals surface area (Å²) in [5, 5.41) is 9.89. The molecule has 0 aliphatic carbocycles. The van der Waals surface area contributed by atoms with Gasteiger partial charge in [0.15, 0.2) is 6.29 Å². The van der Waals surface area contributed by atoms with Gasteiger partial charge >= 0.3 is 5.97 Å². The van der Waals surface area contributed by atoms with E-state index >= 15 is 0 Å². The molecule has 0 saturated carbocycles. The quantitative estimate of drug-likeness (QED) is 0.118. The molecule has 5 aromatic carbocycles. The molecule has 0 atom stereocenters. The third kappa shape index (κ3) is 7.15. The lowest BCUT2D eigenvalue weighted by Crippen LogP contribution is -2.14. The van der Waals surface area contributed by atoms with Gasteiger partial charge in [0.2, 0.25) is 5.78 Å². The number of rotatable bonds is 13. The van der Waals surface area contributed by atoms with Crippen molar-refractivity contribution in [3.8, 4) is 17.2 Å². The van der Waals surface area contributed by atoms with E-state index in [-0.39, 0.29) is 59.3 Å². The Labute approximate surface area is 248 Å². The summed E-state index contributed by atoms with van der Waals surface area (Å²) < 4.78 is 18.3. The van der Waals surface area contributed by atoms with Crippen molar-refractivity contribution in [2.45, 2.75) is 19.8 Å². The number of carbonyl (C=O) groups is 3. The zero-order valence-electron chi connectivity index (χ0n) is 23.1. The van der Waals surface area contributed by atoms with E-state index in [4.69, 9.17) is 14.2 Å². The fourth-order valence-corrected chi connectivity index (χ4v) is 4.51. The number of benzene rings is 5. The van der Waals surface area contributed by atoms with Crippen LogP contribution in [0.1, 0.15) is 53.3 Å². The number of carboxylic acid groups (broad SMARTS) is 1. The number of aromatic carboxylic acids is 1. The van der Waals surface area contributed by atoms with E-state index in [1.54, 1.807) is 12.1 Å². The molecule has 1 N–H and O–H groups in total. The summed E-state index contributed by atoms with van der Waals surface area (Å²) in [6.45, 7) is 0.292. The molecule has 214 valence electrons. The van der Waals surface area contributed by atoms with Crippen LogP contribution in [0.2, 0.25) is 0 Å². The van der Waals surface area contributed by atoms with E-state index in [2.05, 4.69) is 0 Å². The predicted octanol–water partition coefficient (Wildman–Crippen LogP) is 7.17. The first-order valence-electron chi connectivity index (χ1n) is 13.6. The monoisotopic (exact) mass is 572 g/mol. The minimum absolute atomic E-state index is 0.00604. The van der Waals surface area contributed by atoms with E-state index in [1.807, 2.05) is 91.0 Å². The van der Waals surface area contributed by atoms with Gasteiger partial charge in [-0.15, -0.1) is 0 Å². The predicted molar refractivity (Wildman–Crippen MR) is 161 cm³/mol. The highest BCUT2D eigenvalue weighted by atomic mass is 16.5. The molecule has 7 nitrogen and oxygen atoms in total. The topological polar surface area (TPSA) is 99.1 Å². The number of carboxylic acids is 1. The molecule has 5 rings (SSSR count). The average Bonchev–Trinajstić information content (AvgIpc) is 3.06. The largest absolute Gasteiger partial charge is 0.488 e. The average molecular weight is 573 g/mol. The first kappa shape index (κ1) is 28.8. The van der Waals surface area contributed by atoms with E-state index in [1.165, 1.54) is 18.2 Å². The molecule has 0 spiro atoms. The Morgan fingerprint density at radius 2 is 1.00 bits per heavy atom. The van der Waals surface area contributed by atoms with Crippen molar-refractivity contribution in [3.05, 3.63) is 160 Å². The molecule has 0 aliphatic rings. The molecule has 0 amide bonds. The van der Waals surface area contributed by atoms with Crippen molar-refractivity contribution in [3.63, 3.8) is 0 Å². The Morgan fingerprint density at radius 1 is 0.558 bits per heavy atom. The molecule has 0 aromatic heterocycles. The summed E-state index contributed by atoms with van der Waals surface area (Å²) in [7, 11) is 0. The number of ketones is 1. The van der Waals surface area contributed by atoms with Gasteiger partial charge in [0, 0.05) is 5.56 Å². The van der Waals surface area contributed by atoms with Gasteiger partial charge in [-0.3, -0.25) is 9.59 Å². The Morgan fingerprint density at radius 3 is 1.42 bits per heavy atom. The number of aldehydes is 1. The van der Waals surface area contributed by atoms with E-state index in [0.29, 0.717) is 6.29 Å². The SMILES string of the molecule is O=Cc1cccc(OCc2ccccc2)c1C(=O)c1c(OCc2ccccc2)cc(C(=O)O)cc1OCc1ccccc1. The molecular formula is C36H28O7. The first-order valence-corrected chi connectivity index (χ1v) is 13.6. The molecule has 43 heavy (non-hydrogen) atoms. The molecule has 0 heterocycles. The van der Waals surface area contributed by atoms with Crippen molar-refractivity contribution in [1.82, 2.24) is 0 Å². The van der Waals surface area contributed by atoms with Crippen molar-refractivity contribution in [2.75, 3.05) is 0 Å². The van der Waals surface area contributed by atoms with Gasteiger partial charge in [-0.1, -0.05) is 103 Å². The van der Waals surface area contributed by atoms with Crippen LogP contribution in [0.25, 0.3) is 0 Å². The number of carbonyl (C=O) groups excluding carboxylic acids is 2. The molecule has 0 saturated heterocycles. The maximum atomic E-state index is 14.5. The molecule has 7 heteroatoms. The fraction of sp³-hybridized carbons (Fsp3) is 0.0833. The molecule has 0 bridgehead atoms. The van der Waals surface area contributed by atoms with E-state index in [9.17, 15) is 19.5 Å². The minimum Gasteiger partial charge on any atom is -0.488 e. The Balaban J connectivity index is 1.61. The van der Waals surface area contributed by atoms with Gasteiger partial charge < -0.3 is 19.3 Å². The molecule has 5 aromatic rings. The van der Waals surface area contributed by atoms with Gasteiger partial charge in [-0.2, -0.15) is 0 Å². The highest BCUT2D eigenvalue weighted by molar-refractivity contribution is 6.17. The second kappa shape index (κ2) is 13.8. The van der Waals surface area contributed by atoms with Gasteiger partial charge in [-0.25, -0.2) is 4.79 Å². The molecule has 0 radical (unpaired) electrons. The van der Waals surface area contributed by atoms with Crippen LogP contribution >= 0.6 is 0 Å². The summed E-state index contributed by atoms with van der Waals surface area (Å²) >= 11 is 0. The maximum absolute atomic E-state index is 14.5. The smallest absolute Gasteiger partial charge is 0.335 e. The van der Waals surface area contributed by atoms with E-state index in [0.717, 1.165) is 16.7 Å². The van der Waals surface area contributed by atoms with Gasteiger partial charge in [0.1, 0.15) is 42.6 Å². The lowest BCUT2D eigenvalue weighted by molar-refractivity contribution is 0.0694. The summed E-state index contributed by atoms with van der Waals surface area (Å²) in [6, 6.07) is 35.3. The zero-order chi connectivity index (χ0) is 30.0. The number of hydrogen-bond donors (Lipinski definition) is 1. The standard InChI is InChI=1S/C36H28O7/c37-21-28-17-10-18-30(41-22-25-11-4-1-5-12-25)33(28)35(38)34-31(42-23-26-13-6-2-7-14-26)19-29(36(39)40)20-32(34)43-24-27-15-8-3-9-16-27/h1-21H,22-24H2,(H,39,40). The number of hydrogen-bond acceptors (Lipinski definition) is 6.